The number of hydrogen-bond donors (Lipinski definition) is 2. The first-order valence-corrected chi connectivity index (χ1v) is 5.65. The van der Waals surface area contributed by atoms with E-state index in [0.717, 1.165) is 0 Å². The molecule has 0 bridgehead atoms. The molecule has 0 fully saturated rings. The Morgan fingerprint density at radius 3 is 2.39 bits per heavy atom. The van der Waals surface area contributed by atoms with Gasteiger partial charge in [-0.2, -0.15) is 0 Å². The average Bonchev–Trinajstić information content (AvgIpc) is 2.37. The second-order valence-electron chi connectivity index (χ2n) is 3.91. The Kier molecular flexibility index (Phi) is 4.85. The van der Waals surface area contributed by atoms with E-state index in [1.165, 1.54) is 7.11 Å². The van der Waals surface area contributed by atoms with Crippen molar-refractivity contribution in [1.82, 2.24) is 5.32 Å². The monoisotopic (exact) mass is 251 g/mol. The molecule has 18 heavy (non-hydrogen) atoms. The van der Waals surface area contributed by atoms with Gasteiger partial charge in [-0.25, -0.2) is 4.79 Å². The SMILES string of the molecule is CCC(NC(=O)COC)(C(=O)O)c1ccccc1. The van der Waals surface area contributed by atoms with Gasteiger partial charge in [0.25, 0.3) is 0 Å². The van der Waals surface area contributed by atoms with E-state index in [9.17, 15) is 14.7 Å². The number of rotatable bonds is 6. The summed E-state index contributed by atoms with van der Waals surface area (Å²) >= 11 is 0. The number of amides is 1. The van der Waals surface area contributed by atoms with Gasteiger partial charge in [-0.3, -0.25) is 4.79 Å². The lowest BCUT2D eigenvalue weighted by atomic mass is 9.87. The van der Waals surface area contributed by atoms with Crippen molar-refractivity contribution < 1.29 is 19.4 Å². The smallest absolute Gasteiger partial charge is 0.334 e. The molecule has 0 heterocycles. The molecule has 5 heteroatoms. The first kappa shape index (κ1) is 14.2. The van der Waals surface area contributed by atoms with Crippen LogP contribution in [-0.4, -0.2) is 30.7 Å². The number of benzene rings is 1. The zero-order valence-electron chi connectivity index (χ0n) is 10.5. The van der Waals surface area contributed by atoms with Crippen molar-refractivity contribution >= 4 is 11.9 Å². The Balaban J connectivity index is 3.10. The highest BCUT2D eigenvalue weighted by atomic mass is 16.5. The topological polar surface area (TPSA) is 75.6 Å². The van der Waals surface area contributed by atoms with Gasteiger partial charge >= 0.3 is 5.97 Å². The van der Waals surface area contributed by atoms with Gasteiger partial charge in [-0.1, -0.05) is 37.3 Å². The fraction of sp³-hybridized carbons (Fsp3) is 0.385. The van der Waals surface area contributed by atoms with E-state index in [0.29, 0.717) is 5.56 Å². The molecular weight excluding hydrogens is 234 g/mol. The Morgan fingerprint density at radius 2 is 1.94 bits per heavy atom. The van der Waals surface area contributed by atoms with Gasteiger partial charge in [-0.15, -0.1) is 0 Å². The van der Waals surface area contributed by atoms with E-state index in [1.807, 2.05) is 0 Å². The van der Waals surface area contributed by atoms with Gasteiger partial charge in [0.2, 0.25) is 5.91 Å². The average molecular weight is 251 g/mol. The number of nitrogens with one attached hydrogen (secondary N) is 1. The highest BCUT2D eigenvalue weighted by Crippen LogP contribution is 2.25. The van der Waals surface area contributed by atoms with Crippen LogP contribution in [0.1, 0.15) is 18.9 Å². The van der Waals surface area contributed by atoms with E-state index >= 15 is 0 Å². The van der Waals surface area contributed by atoms with Crippen molar-refractivity contribution in [3.63, 3.8) is 0 Å². The molecule has 0 spiro atoms. The molecule has 98 valence electrons. The molecule has 0 radical (unpaired) electrons. The van der Waals surface area contributed by atoms with Crippen LogP contribution in [0.3, 0.4) is 0 Å². The van der Waals surface area contributed by atoms with Crippen LogP contribution in [0.15, 0.2) is 30.3 Å². The normalized spacial score (nSPS) is 13.7. The maximum Gasteiger partial charge on any atom is 0.334 e. The third-order valence-electron chi connectivity index (χ3n) is 2.79. The van der Waals surface area contributed by atoms with Crippen LogP contribution in [0, 0.1) is 0 Å². The van der Waals surface area contributed by atoms with Crippen molar-refractivity contribution in [2.75, 3.05) is 13.7 Å². The molecule has 1 amide bonds. The van der Waals surface area contributed by atoms with Crippen molar-refractivity contribution in [2.24, 2.45) is 0 Å². The van der Waals surface area contributed by atoms with Crippen molar-refractivity contribution in [3.05, 3.63) is 35.9 Å². The molecule has 0 aliphatic carbocycles. The molecule has 1 rings (SSSR count). The Morgan fingerprint density at radius 1 is 1.33 bits per heavy atom. The second kappa shape index (κ2) is 6.16. The van der Waals surface area contributed by atoms with Crippen LogP contribution in [0.4, 0.5) is 0 Å². The van der Waals surface area contributed by atoms with Gasteiger partial charge in [0.05, 0.1) is 0 Å². The van der Waals surface area contributed by atoms with Crippen LogP contribution < -0.4 is 5.32 Å². The minimum Gasteiger partial charge on any atom is -0.479 e. The maximum atomic E-state index is 11.6. The van der Waals surface area contributed by atoms with Crippen LogP contribution in [0.25, 0.3) is 0 Å². The predicted octanol–water partition coefficient (Wildman–Crippen LogP) is 1.14. The number of aliphatic carboxylic acids is 1. The van der Waals surface area contributed by atoms with Gasteiger partial charge in [-0.05, 0) is 12.0 Å². The summed E-state index contributed by atoms with van der Waals surface area (Å²) < 4.78 is 4.70. The summed E-state index contributed by atoms with van der Waals surface area (Å²) in [5, 5.41) is 12.0. The molecule has 0 aromatic heterocycles. The Bertz CT molecular complexity index is 418. The molecule has 2 N–H and O–H groups in total. The lowest BCUT2D eigenvalue weighted by Gasteiger charge is -2.29. The summed E-state index contributed by atoms with van der Waals surface area (Å²) in [5.41, 5.74) is -0.860. The van der Waals surface area contributed by atoms with Gasteiger partial charge < -0.3 is 15.2 Å². The number of carboxylic acids is 1. The summed E-state index contributed by atoms with van der Waals surface area (Å²) in [6.07, 6.45) is 0.252. The van der Waals surface area contributed by atoms with E-state index in [-0.39, 0.29) is 13.0 Å². The standard InChI is InChI=1S/C13H17NO4/c1-3-13(12(16)17,14-11(15)9-18-2)10-7-5-4-6-8-10/h4-8H,3,9H2,1-2H3,(H,14,15)(H,16,17). The highest BCUT2D eigenvalue weighted by molar-refractivity contribution is 5.88. The molecule has 0 aliphatic heterocycles. The van der Waals surface area contributed by atoms with Crippen molar-refractivity contribution in [1.29, 1.82) is 0 Å². The molecule has 1 atom stereocenters. The minimum absolute atomic E-state index is 0.165. The summed E-state index contributed by atoms with van der Waals surface area (Å²) in [5.74, 6) is -1.54. The number of carbonyl (C=O) groups excluding carboxylic acids is 1. The lowest BCUT2D eigenvalue weighted by molar-refractivity contribution is -0.149. The summed E-state index contributed by atoms with van der Waals surface area (Å²) in [7, 11) is 1.39. The molecule has 0 saturated heterocycles. The zero-order chi connectivity index (χ0) is 13.6. The van der Waals surface area contributed by atoms with Crippen LogP contribution >= 0.6 is 0 Å². The molecule has 0 aliphatic rings. The number of carbonyl (C=O) groups is 2. The Labute approximate surface area is 106 Å². The van der Waals surface area contributed by atoms with E-state index < -0.39 is 17.4 Å². The second-order valence-corrected chi connectivity index (χ2v) is 3.91. The number of ether oxygens (including phenoxy) is 1. The van der Waals surface area contributed by atoms with Crippen molar-refractivity contribution in [2.45, 2.75) is 18.9 Å². The molecule has 5 nitrogen and oxygen atoms in total. The third kappa shape index (κ3) is 2.87. The van der Waals surface area contributed by atoms with E-state index in [1.54, 1.807) is 37.3 Å². The number of carboxylic acid groups (broad SMARTS) is 1. The van der Waals surface area contributed by atoms with E-state index in [2.05, 4.69) is 5.32 Å². The van der Waals surface area contributed by atoms with Gasteiger partial charge in [0.15, 0.2) is 5.54 Å². The van der Waals surface area contributed by atoms with Crippen molar-refractivity contribution in [3.8, 4) is 0 Å². The van der Waals surface area contributed by atoms with E-state index in [4.69, 9.17) is 4.74 Å². The Hall–Kier alpha value is -1.88. The molecule has 1 aromatic carbocycles. The number of hydrogen-bond acceptors (Lipinski definition) is 3. The first-order chi connectivity index (χ1) is 8.56. The molecule has 1 aromatic rings. The summed E-state index contributed by atoms with van der Waals surface area (Å²) in [4.78, 5) is 23.1. The fourth-order valence-corrected chi connectivity index (χ4v) is 1.82. The third-order valence-corrected chi connectivity index (χ3v) is 2.79. The maximum absolute atomic E-state index is 11.6. The number of methoxy groups -OCH3 is 1. The summed E-state index contributed by atoms with van der Waals surface area (Å²) in [6.45, 7) is 1.55. The van der Waals surface area contributed by atoms with Gasteiger partial charge in [0, 0.05) is 7.11 Å². The predicted molar refractivity (Wildman–Crippen MR) is 66.1 cm³/mol. The molecule has 0 saturated carbocycles. The highest BCUT2D eigenvalue weighted by Gasteiger charge is 2.39. The van der Waals surface area contributed by atoms with Crippen LogP contribution in [0.2, 0.25) is 0 Å². The zero-order valence-corrected chi connectivity index (χ0v) is 10.5. The largest absolute Gasteiger partial charge is 0.479 e. The first-order valence-electron chi connectivity index (χ1n) is 5.65. The van der Waals surface area contributed by atoms with Crippen LogP contribution in [0.5, 0.6) is 0 Å². The van der Waals surface area contributed by atoms with Gasteiger partial charge in [0.1, 0.15) is 6.61 Å². The minimum atomic E-state index is -1.41. The quantitative estimate of drug-likeness (QED) is 0.795. The molecular formula is C13H17NO4. The fourth-order valence-electron chi connectivity index (χ4n) is 1.82. The van der Waals surface area contributed by atoms with Crippen LogP contribution in [-0.2, 0) is 19.9 Å². The molecule has 1 unspecified atom stereocenters. The lowest BCUT2D eigenvalue weighted by Crippen LogP contribution is -2.52. The summed E-state index contributed by atoms with van der Waals surface area (Å²) in [6, 6.07) is 8.65.